The van der Waals surface area contributed by atoms with Crippen LogP contribution in [0.3, 0.4) is 0 Å². The van der Waals surface area contributed by atoms with E-state index < -0.39 is 69.5 Å². The number of ketones is 1. The molecule has 0 bridgehead atoms. The van der Waals surface area contributed by atoms with Crippen LogP contribution >= 0.6 is 23.2 Å². The van der Waals surface area contributed by atoms with Crippen LogP contribution in [0.2, 0.25) is 10.3 Å². The van der Waals surface area contributed by atoms with Crippen molar-refractivity contribution in [3.8, 4) is 5.75 Å². The highest BCUT2D eigenvalue weighted by molar-refractivity contribution is 6.29. The van der Waals surface area contributed by atoms with Crippen LogP contribution in [-0.2, 0) is 19.0 Å². The predicted molar refractivity (Wildman–Crippen MR) is 194 cm³/mol. The zero-order valence-corrected chi connectivity index (χ0v) is 31.4. The lowest BCUT2D eigenvalue weighted by Crippen LogP contribution is -2.78. The fourth-order valence-electron chi connectivity index (χ4n) is 9.89. The van der Waals surface area contributed by atoms with Crippen LogP contribution in [-0.4, -0.2) is 78.0 Å². The SMILES string of the molecule is CC(=O)[C@]1(OC(=O)c2ccc(Cl)nc2)CC[C@@]2(O)[C@]1(C)[C@H](OC(=O)c1ccc(O)cc1)C[C@@H]1[C@@]3(C)CC[C@H](OC(=O)c4ccc(Cl)nc4)CC3=CC[C@]12O. The molecule has 0 amide bonds. The Bertz CT molecular complexity index is 2040. The zero-order chi connectivity index (χ0) is 38.8. The summed E-state index contributed by atoms with van der Waals surface area (Å²) in [7, 11) is 0. The van der Waals surface area contributed by atoms with E-state index in [1.165, 1.54) is 67.8 Å². The zero-order valence-electron chi connectivity index (χ0n) is 29.9. The number of fused-ring (bicyclic) bond motifs is 5. The lowest BCUT2D eigenvalue weighted by Gasteiger charge is -2.67. The predicted octanol–water partition coefficient (Wildman–Crippen LogP) is 6.23. The molecule has 0 saturated heterocycles. The Morgan fingerprint density at radius 1 is 0.796 bits per heavy atom. The lowest BCUT2D eigenvalue weighted by atomic mass is 9.42. The topological polar surface area (TPSA) is 182 Å². The Kier molecular flexibility index (Phi) is 9.44. The van der Waals surface area contributed by atoms with E-state index in [0.717, 1.165) is 5.57 Å². The molecular weight excluding hydrogens is 739 g/mol. The Morgan fingerprint density at radius 2 is 1.39 bits per heavy atom. The number of aromatic nitrogens is 2. The van der Waals surface area contributed by atoms with Crippen LogP contribution in [0.5, 0.6) is 5.75 Å². The summed E-state index contributed by atoms with van der Waals surface area (Å²) in [4.78, 5) is 62.5. The summed E-state index contributed by atoms with van der Waals surface area (Å²) in [5, 5.41) is 36.5. The van der Waals surface area contributed by atoms with Crippen LogP contribution in [0.25, 0.3) is 0 Å². The first-order valence-corrected chi connectivity index (χ1v) is 18.6. The number of halogens is 2. The van der Waals surface area contributed by atoms with Crippen molar-refractivity contribution >= 4 is 46.9 Å². The number of nitrogens with zero attached hydrogens (tertiary/aromatic N) is 2. The molecule has 2 heterocycles. The number of rotatable bonds is 7. The molecule has 4 aliphatic rings. The maximum atomic E-state index is 14.0. The number of hydrogen-bond acceptors (Lipinski definition) is 12. The number of phenolic OH excluding ortho intramolecular Hbond substituents is 1. The summed E-state index contributed by atoms with van der Waals surface area (Å²) in [6.07, 6.45) is 3.58. The Hall–Kier alpha value is -4.36. The van der Waals surface area contributed by atoms with Gasteiger partial charge in [-0.2, -0.15) is 0 Å². The first kappa shape index (κ1) is 37.9. The molecule has 0 aliphatic heterocycles. The third-order valence-electron chi connectivity index (χ3n) is 12.9. The van der Waals surface area contributed by atoms with Gasteiger partial charge in [0.05, 0.1) is 22.1 Å². The smallest absolute Gasteiger partial charge is 0.340 e. The second kappa shape index (κ2) is 13.4. The molecule has 3 aromatic rings. The number of benzene rings is 1. The van der Waals surface area contributed by atoms with Gasteiger partial charge in [-0.15, -0.1) is 0 Å². The molecule has 8 atom stereocenters. The van der Waals surface area contributed by atoms with Crippen molar-refractivity contribution in [2.24, 2.45) is 16.7 Å². The molecule has 0 spiro atoms. The van der Waals surface area contributed by atoms with E-state index in [2.05, 4.69) is 9.97 Å². The normalized spacial score (nSPS) is 34.0. The molecule has 1 aromatic carbocycles. The second-order valence-electron chi connectivity index (χ2n) is 15.3. The van der Waals surface area contributed by atoms with Crippen molar-refractivity contribution in [2.75, 3.05) is 0 Å². The van der Waals surface area contributed by atoms with Gasteiger partial charge in [0.2, 0.25) is 0 Å². The van der Waals surface area contributed by atoms with Crippen LogP contribution in [0.1, 0.15) is 96.8 Å². The fraction of sp³-hybridized carbons (Fsp3) is 0.450. The number of aliphatic hydroxyl groups is 2. The van der Waals surface area contributed by atoms with E-state index in [1.54, 1.807) is 6.92 Å². The highest BCUT2D eigenvalue weighted by Crippen LogP contribution is 2.71. The van der Waals surface area contributed by atoms with E-state index in [4.69, 9.17) is 37.4 Å². The average molecular weight is 780 g/mol. The summed E-state index contributed by atoms with van der Waals surface area (Å²) in [6.45, 7) is 4.78. The van der Waals surface area contributed by atoms with Crippen molar-refractivity contribution < 1.29 is 48.7 Å². The fourth-order valence-corrected chi connectivity index (χ4v) is 10.1. The molecule has 7 rings (SSSR count). The molecule has 284 valence electrons. The van der Waals surface area contributed by atoms with Gasteiger partial charge in [-0.3, -0.25) is 4.79 Å². The number of hydrogen-bond donors (Lipinski definition) is 3. The maximum absolute atomic E-state index is 14.0. The number of aromatic hydroxyl groups is 1. The van der Waals surface area contributed by atoms with E-state index >= 15 is 0 Å². The Labute approximate surface area is 321 Å². The van der Waals surface area contributed by atoms with Gasteiger partial charge in [-0.1, -0.05) is 41.8 Å². The number of Topliss-reactive ketones (excluding diaryl/α,β-unsaturated/α-hetero) is 1. The maximum Gasteiger partial charge on any atom is 0.340 e. The van der Waals surface area contributed by atoms with Crippen molar-refractivity contribution in [3.05, 3.63) is 99.6 Å². The van der Waals surface area contributed by atoms with Crippen LogP contribution in [0.15, 0.2) is 72.6 Å². The lowest BCUT2D eigenvalue weighted by molar-refractivity contribution is -0.311. The van der Waals surface area contributed by atoms with Gasteiger partial charge in [0, 0.05) is 24.7 Å². The minimum Gasteiger partial charge on any atom is -0.508 e. The van der Waals surface area contributed by atoms with Crippen LogP contribution in [0, 0.1) is 16.7 Å². The first-order valence-electron chi connectivity index (χ1n) is 17.8. The number of carbonyl (C=O) groups is 4. The Morgan fingerprint density at radius 3 is 1.98 bits per heavy atom. The van der Waals surface area contributed by atoms with E-state index in [0.29, 0.717) is 19.3 Å². The molecule has 3 saturated carbocycles. The molecule has 12 nitrogen and oxygen atoms in total. The van der Waals surface area contributed by atoms with Crippen LogP contribution in [0.4, 0.5) is 0 Å². The van der Waals surface area contributed by atoms with Gasteiger partial charge in [-0.05, 0) is 106 Å². The summed E-state index contributed by atoms with van der Waals surface area (Å²) >= 11 is 11.8. The minimum atomic E-state index is -2.12. The molecule has 0 radical (unpaired) electrons. The number of phenols is 1. The summed E-state index contributed by atoms with van der Waals surface area (Å²) in [5.74, 6) is -3.61. The monoisotopic (exact) mass is 778 g/mol. The van der Waals surface area contributed by atoms with Crippen molar-refractivity contribution in [1.82, 2.24) is 9.97 Å². The highest BCUT2D eigenvalue weighted by atomic mass is 35.5. The van der Waals surface area contributed by atoms with Gasteiger partial charge >= 0.3 is 17.9 Å². The third kappa shape index (κ3) is 5.72. The van der Waals surface area contributed by atoms with E-state index in [1.807, 2.05) is 13.0 Å². The van der Waals surface area contributed by atoms with Crippen molar-refractivity contribution in [1.29, 1.82) is 0 Å². The van der Waals surface area contributed by atoms with Gasteiger partial charge in [0.15, 0.2) is 11.4 Å². The molecule has 2 aromatic heterocycles. The summed E-state index contributed by atoms with van der Waals surface area (Å²) in [6, 6.07) is 11.3. The molecule has 14 heteroatoms. The number of carbonyl (C=O) groups excluding carboxylic acids is 4. The van der Waals surface area contributed by atoms with Crippen LogP contribution < -0.4 is 0 Å². The van der Waals surface area contributed by atoms with E-state index in [-0.39, 0.29) is 58.4 Å². The van der Waals surface area contributed by atoms with E-state index in [9.17, 15) is 34.5 Å². The number of esters is 3. The summed E-state index contributed by atoms with van der Waals surface area (Å²) < 4.78 is 18.3. The van der Waals surface area contributed by atoms with Gasteiger partial charge in [0.1, 0.15) is 39.5 Å². The van der Waals surface area contributed by atoms with Gasteiger partial charge < -0.3 is 29.5 Å². The highest BCUT2D eigenvalue weighted by Gasteiger charge is 2.83. The summed E-state index contributed by atoms with van der Waals surface area (Å²) in [5.41, 5.74) is -7.37. The molecule has 0 unspecified atom stereocenters. The van der Waals surface area contributed by atoms with Gasteiger partial charge in [-0.25, -0.2) is 24.4 Å². The average Bonchev–Trinajstić information content (AvgIpc) is 3.39. The molecular formula is C40H40Cl2N2O10. The second-order valence-corrected chi connectivity index (χ2v) is 16.1. The van der Waals surface area contributed by atoms with Gasteiger partial charge in [0.25, 0.3) is 0 Å². The minimum absolute atomic E-state index is 0.00615. The quantitative estimate of drug-likeness (QED) is 0.107. The first-order chi connectivity index (χ1) is 25.5. The van der Waals surface area contributed by atoms with Crippen molar-refractivity contribution in [3.63, 3.8) is 0 Å². The Balaban J connectivity index is 1.27. The standard InChI is InChI=1S/C40H40Cl2N2O10/c1-22(45)39(54-35(49)25-7-11-32(42)44-21-25)16-17-40(51)37(39,3)30(53-33(47)23-4-8-27(46)9-5-23)19-29-36(2)14-13-28(18-26(36)12-15-38(29,40)50)52-34(48)24-6-10-31(41)43-20-24/h4-12,20-21,28-30,46,50-51H,13-19H2,1-3H3/t28-,29+,30+,36-,37+,38-,39+,40+/m0/s1. The number of pyridine rings is 2. The molecule has 54 heavy (non-hydrogen) atoms. The van der Waals surface area contributed by atoms with Crippen molar-refractivity contribution in [2.45, 2.75) is 94.7 Å². The number of ether oxygens (including phenoxy) is 3. The largest absolute Gasteiger partial charge is 0.508 e. The molecule has 3 fully saturated rings. The molecule has 4 aliphatic carbocycles. The molecule has 3 N–H and O–H groups in total. The third-order valence-corrected chi connectivity index (χ3v) is 13.4.